The lowest BCUT2D eigenvalue weighted by Crippen LogP contribution is -2.69. The lowest BCUT2D eigenvalue weighted by molar-refractivity contribution is -0.372. The van der Waals surface area contributed by atoms with E-state index < -0.39 is 23.7 Å². The minimum Gasteiger partial charge on any atom is -0.461 e. The number of alkyl halides is 3. The van der Waals surface area contributed by atoms with E-state index in [0.29, 0.717) is 5.69 Å². The van der Waals surface area contributed by atoms with Gasteiger partial charge in [-0.2, -0.15) is 13.2 Å². The third-order valence-corrected chi connectivity index (χ3v) is 3.49. The van der Waals surface area contributed by atoms with E-state index in [1.165, 1.54) is 37.4 Å². The van der Waals surface area contributed by atoms with Crippen LogP contribution in [0.4, 0.5) is 19.0 Å². The minimum atomic E-state index is -5.21. The Morgan fingerprint density at radius 1 is 1.22 bits per heavy atom. The molecule has 0 aliphatic rings. The van der Waals surface area contributed by atoms with E-state index in [4.69, 9.17) is 0 Å². The summed E-state index contributed by atoms with van der Waals surface area (Å²) in [5.41, 5.74) is -3.11. The standard InChI is InChI=1S/C17H17F3N4O3/c1-3-27-15(26)16(17(18,19)20,23-13-8-4-6-11(2)22-13)24-14(25)12-7-5-9-21-10-12/h4-10H,3H2,1-2H3,(H,22,23)(H,24,25)/p+1/t16-/m1/s1. The highest BCUT2D eigenvalue weighted by atomic mass is 19.4. The number of aromatic amines is 1. The molecule has 0 spiro atoms. The molecular weight excluding hydrogens is 365 g/mol. The van der Waals surface area contributed by atoms with Crippen LogP contribution < -0.4 is 15.6 Å². The third kappa shape index (κ3) is 4.52. The van der Waals surface area contributed by atoms with Crippen molar-refractivity contribution in [1.29, 1.82) is 0 Å². The van der Waals surface area contributed by atoms with Crippen LogP contribution >= 0.6 is 0 Å². The molecule has 7 nitrogen and oxygen atoms in total. The fourth-order valence-electron chi connectivity index (χ4n) is 2.23. The molecule has 0 radical (unpaired) electrons. The molecule has 0 saturated heterocycles. The van der Waals surface area contributed by atoms with Gasteiger partial charge in [0.05, 0.1) is 17.9 Å². The number of anilines is 1. The number of halogens is 3. The Labute approximate surface area is 153 Å². The summed E-state index contributed by atoms with van der Waals surface area (Å²) in [6.45, 7) is 2.68. The maximum Gasteiger partial charge on any atom is 0.464 e. The molecule has 10 heteroatoms. The van der Waals surface area contributed by atoms with Gasteiger partial charge in [0.1, 0.15) is 0 Å². The first kappa shape index (κ1) is 20.1. The number of rotatable bonds is 6. The average molecular weight is 383 g/mol. The van der Waals surface area contributed by atoms with Gasteiger partial charge in [0, 0.05) is 18.5 Å². The fourth-order valence-corrected chi connectivity index (χ4v) is 2.23. The summed E-state index contributed by atoms with van der Waals surface area (Å²) >= 11 is 0. The largest absolute Gasteiger partial charge is 0.464 e. The van der Waals surface area contributed by atoms with E-state index in [1.54, 1.807) is 18.3 Å². The van der Waals surface area contributed by atoms with Crippen molar-refractivity contribution in [2.75, 3.05) is 11.9 Å². The quantitative estimate of drug-likeness (QED) is 0.587. The molecule has 2 rings (SSSR count). The second-order valence-corrected chi connectivity index (χ2v) is 5.54. The van der Waals surface area contributed by atoms with Gasteiger partial charge < -0.3 is 4.74 Å². The first-order chi connectivity index (χ1) is 12.7. The van der Waals surface area contributed by atoms with Crippen LogP contribution in [0.15, 0.2) is 42.7 Å². The third-order valence-electron chi connectivity index (χ3n) is 3.49. The first-order valence-corrected chi connectivity index (χ1v) is 7.93. The normalized spacial score (nSPS) is 13.4. The zero-order valence-electron chi connectivity index (χ0n) is 14.6. The number of hydrogen-bond donors (Lipinski definition) is 2. The molecule has 2 aromatic rings. The van der Waals surface area contributed by atoms with Gasteiger partial charge in [-0.3, -0.25) is 15.1 Å². The predicted octanol–water partition coefficient (Wildman–Crippen LogP) is 1.87. The molecule has 2 heterocycles. The SMILES string of the molecule is CCOC(=O)[C@](NC(=O)c1cccnc1)(Nc1cccc(C)[nH+]1)C(F)(F)F. The zero-order valence-corrected chi connectivity index (χ0v) is 14.6. The lowest BCUT2D eigenvalue weighted by atomic mass is 10.1. The maximum atomic E-state index is 14.0. The van der Waals surface area contributed by atoms with E-state index in [9.17, 15) is 22.8 Å². The number of ether oxygens (including phenoxy) is 1. The van der Waals surface area contributed by atoms with Crippen molar-refractivity contribution in [3.05, 3.63) is 54.0 Å². The Hall–Kier alpha value is -3.17. The van der Waals surface area contributed by atoms with E-state index in [1.807, 2.05) is 0 Å². The Morgan fingerprint density at radius 3 is 2.52 bits per heavy atom. The van der Waals surface area contributed by atoms with Crippen molar-refractivity contribution < 1.29 is 32.5 Å². The van der Waals surface area contributed by atoms with Crippen LogP contribution in [0.3, 0.4) is 0 Å². The fraction of sp³-hybridized carbons (Fsp3) is 0.294. The number of pyridine rings is 2. The number of hydrogen-bond acceptors (Lipinski definition) is 5. The van der Waals surface area contributed by atoms with Crippen molar-refractivity contribution in [2.45, 2.75) is 25.7 Å². The van der Waals surface area contributed by atoms with Crippen LogP contribution in [-0.4, -0.2) is 35.3 Å². The number of aryl methyl sites for hydroxylation is 1. The van der Waals surface area contributed by atoms with Gasteiger partial charge in [0.15, 0.2) is 0 Å². The topological polar surface area (TPSA) is 94.5 Å². The van der Waals surface area contributed by atoms with Crippen LogP contribution in [0.5, 0.6) is 0 Å². The molecule has 27 heavy (non-hydrogen) atoms. The van der Waals surface area contributed by atoms with Gasteiger partial charge in [-0.1, -0.05) is 6.07 Å². The Morgan fingerprint density at radius 2 is 1.96 bits per heavy atom. The van der Waals surface area contributed by atoms with Crippen LogP contribution in [0.2, 0.25) is 0 Å². The van der Waals surface area contributed by atoms with Gasteiger partial charge >= 0.3 is 17.8 Å². The molecule has 2 aromatic heterocycles. The summed E-state index contributed by atoms with van der Waals surface area (Å²) in [5.74, 6) is -2.97. The van der Waals surface area contributed by atoms with Crippen LogP contribution in [0.1, 0.15) is 23.0 Å². The number of amides is 1. The zero-order chi connectivity index (χ0) is 20.1. The van der Waals surface area contributed by atoms with Crippen molar-refractivity contribution in [3.63, 3.8) is 0 Å². The van der Waals surface area contributed by atoms with E-state index in [-0.39, 0.29) is 18.0 Å². The number of aromatic nitrogens is 2. The second kappa shape index (κ2) is 8.02. The number of nitrogens with one attached hydrogen (secondary N) is 3. The molecule has 0 bridgehead atoms. The molecule has 3 N–H and O–H groups in total. The van der Waals surface area contributed by atoms with E-state index >= 15 is 0 Å². The summed E-state index contributed by atoms with van der Waals surface area (Å²) in [6, 6.07) is 7.06. The number of nitrogens with zero attached hydrogens (tertiary/aromatic N) is 1. The summed E-state index contributed by atoms with van der Waals surface area (Å²) in [5, 5.41) is 3.78. The molecule has 0 unspecified atom stereocenters. The van der Waals surface area contributed by atoms with E-state index in [0.717, 1.165) is 6.20 Å². The monoisotopic (exact) mass is 383 g/mol. The number of carbonyl (C=O) groups excluding carboxylic acids is 2. The maximum absolute atomic E-state index is 14.0. The second-order valence-electron chi connectivity index (χ2n) is 5.54. The molecular formula is C17H18F3N4O3+. The molecule has 0 saturated carbocycles. The molecule has 0 fully saturated rings. The van der Waals surface area contributed by atoms with Gasteiger partial charge in [0.2, 0.25) is 0 Å². The first-order valence-electron chi connectivity index (χ1n) is 7.93. The molecule has 0 aromatic carbocycles. The summed E-state index contributed by atoms with van der Waals surface area (Å²) in [7, 11) is 0. The number of esters is 1. The smallest absolute Gasteiger partial charge is 0.461 e. The molecule has 0 aliphatic heterocycles. The van der Waals surface area contributed by atoms with Crippen LogP contribution in [0, 0.1) is 6.92 Å². The van der Waals surface area contributed by atoms with Crippen molar-refractivity contribution in [2.24, 2.45) is 0 Å². The Kier molecular flexibility index (Phi) is 5.98. The van der Waals surface area contributed by atoms with Gasteiger partial charge in [-0.25, -0.2) is 15.1 Å². The van der Waals surface area contributed by atoms with E-state index in [2.05, 4.69) is 20.0 Å². The molecule has 144 valence electrons. The van der Waals surface area contributed by atoms with Gasteiger partial charge in [-0.15, -0.1) is 0 Å². The predicted molar refractivity (Wildman–Crippen MR) is 88.5 cm³/mol. The highest BCUT2D eigenvalue weighted by Gasteiger charge is 2.68. The van der Waals surface area contributed by atoms with Crippen LogP contribution in [0.25, 0.3) is 0 Å². The molecule has 0 aliphatic carbocycles. The average Bonchev–Trinajstić information content (AvgIpc) is 2.61. The number of H-pyrrole nitrogens is 1. The van der Waals surface area contributed by atoms with Gasteiger partial charge in [0.25, 0.3) is 11.7 Å². The molecule has 1 amide bonds. The minimum absolute atomic E-state index is 0.133. The Bertz CT molecular complexity index is 815. The van der Waals surface area contributed by atoms with Crippen molar-refractivity contribution >= 4 is 17.7 Å². The van der Waals surface area contributed by atoms with Crippen LogP contribution in [-0.2, 0) is 9.53 Å². The Balaban J connectivity index is 2.50. The van der Waals surface area contributed by atoms with Crippen molar-refractivity contribution in [1.82, 2.24) is 10.3 Å². The van der Waals surface area contributed by atoms with Gasteiger partial charge in [-0.05, 0) is 32.0 Å². The lowest BCUT2D eigenvalue weighted by Gasteiger charge is -2.30. The summed E-state index contributed by atoms with van der Waals surface area (Å²) in [6.07, 6.45) is -2.77. The van der Waals surface area contributed by atoms with Crippen molar-refractivity contribution in [3.8, 4) is 0 Å². The molecule has 1 atom stereocenters. The number of carbonyl (C=O) groups is 2. The summed E-state index contributed by atoms with van der Waals surface area (Å²) in [4.78, 5) is 31.0. The highest BCUT2D eigenvalue weighted by molar-refractivity contribution is 5.99. The highest BCUT2D eigenvalue weighted by Crippen LogP contribution is 2.32. The summed E-state index contributed by atoms with van der Waals surface area (Å²) < 4.78 is 46.6.